The summed E-state index contributed by atoms with van der Waals surface area (Å²) in [5.41, 5.74) is 0.821. The minimum Gasteiger partial charge on any atom is -0.444 e. The fourth-order valence-corrected chi connectivity index (χ4v) is 5.29. The molecule has 2 aromatic carbocycles. The Morgan fingerprint density at radius 2 is 1.61 bits per heavy atom. The molecular formula is C24H31N3O5S. The van der Waals surface area contributed by atoms with Crippen molar-refractivity contribution in [3.63, 3.8) is 0 Å². The summed E-state index contributed by atoms with van der Waals surface area (Å²) in [5, 5.41) is 5.40. The SMILES string of the molecule is CC(C)(C)OC(=O)Nc1ccc(C(=O)NCc2ccccc2S(=O)(=O)N2CCCCC2)cc1. The van der Waals surface area contributed by atoms with Crippen LogP contribution < -0.4 is 10.6 Å². The highest BCUT2D eigenvalue weighted by atomic mass is 32.2. The quantitative estimate of drug-likeness (QED) is 0.656. The number of carbonyl (C=O) groups is 2. The number of hydrogen-bond donors (Lipinski definition) is 2. The lowest BCUT2D eigenvalue weighted by Gasteiger charge is -2.26. The van der Waals surface area contributed by atoms with Gasteiger partial charge in [0.05, 0.1) is 4.90 Å². The first kappa shape index (κ1) is 24.7. The first-order valence-electron chi connectivity index (χ1n) is 11.0. The van der Waals surface area contributed by atoms with Gasteiger partial charge in [0.15, 0.2) is 0 Å². The van der Waals surface area contributed by atoms with Gasteiger partial charge in [-0.25, -0.2) is 13.2 Å². The molecule has 3 rings (SSSR count). The van der Waals surface area contributed by atoms with E-state index < -0.39 is 21.7 Å². The molecule has 8 nitrogen and oxygen atoms in total. The van der Waals surface area contributed by atoms with E-state index in [9.17, 15) is 18.0 Å². The van der Waals surface area contributed by atoms with Crippen LogP contribution in [0.1, 0.15) is 56.0 Å². The third kappa shape index (κ3) is 6.79. The maximum absolute atomic E-state index is 13.1. The highest BCUT2D eigenvalue weighted by Crippen LogP contribution is 2.23. The predicted molar refractivity (Wildman–Crippen MR) is 127 cm³/mol. The Kier molecular flexibility index (Phi) is 7.76. The van der Waals surface area contributed by atoms with Crippen LogP contribution in [0.25, 0.3) is 0 Å². The van der Waals surface area contributed by atoms with Crippen LogP contribution >= 0.6 is 0 Å². The van der Waals surface area contributed by atoms with Crippen LogP contribution in [0.2, 0.25) is 0 Å². The minimum atomic E-state index is -3.61. The van der Waals surface area contributed by atoms with Crippen molar-refractivity contribution < 1.29 is 22.7 Å². The largest absolute Gasteiger partial charge is 0.444 e. The number of anilines is 1. The summed E-state index contributed by atoms with van der Waals surface area (Å²) in [5.74, 6) is -0.344. The van der Waals surface area contributed by atoms with Crippen LogP contribution in [0, 0.1) is 0 Å². The molecule has 0 spiro atoms. The second kappa shape index (κ2) is 10.4. The van der Waals surface area contributed by atoms with Crippen molar-refractivity contribution in [3.8, 4) is 0 Å². The first-order valence-corrected chi connectivity index (χ1v) is 12.5. The minimum absolute atomic E-state index is 0.0833. The van der Waals surface area contributed by atoms with Crippen molar-refractivity contribution in [2.75, 3.05) is 18.4 Å². The maximum Gasteiger partial charge on any atom is 0.412 e. The number of benzene rings is 2. The van der Waals surface area contributed by atoms with Gasteiger partial charge in [0, 0.05) is 30.9 Å². The molecule has 2 amide bonds. The Hall–Kier alpha value is -2.91. The van der Waals surface area contributed by atoms with E-state index in [1.54, 1.807) is 69.3 Å². The lowest BCUT2D eigenvalue weighted by atomic mass is 10.1. The smallest absolute Gasteiger partial charge is 0.412 e. The summed E-state index contributed by atoms with van der Waals surface area (Å²) >= 11 is 0. The fraction of sp³-hybridized carbons (Fsp3) is 0.417. The van der Waals surface area contributed by atoms with E-state index in [1.165, 1.54) is 4.31 Å². The van der Waals surface area contributed by atoms with Crippen molar-refractivity contribution in [1.82, 2.24) is 9.62 Å². The Morgan fingerprint density at radius 3 is 2.24 bits per heavy atom. The Bertz CT molecular complexity index is 1090. The Balaban J connectivity index is 1.64. The van der Waals surface area contributed by atoms with Gasteiger partial charge in [0.25, 0.3) is 5.91 Å². The molecule has 0 atom stereocenters. The van der Waals surface area contributed by atoms with Gasteiger partial charge in [-0.1, -0.05) is 24.6 Å². The lowest BCUT2D eigenvalue weighted by Crippen LogP contribution is -2.36. The van der Waals surface area contributed by atoms with Gasteiger partial charge in [0.1, 0.15) is 5.60 Å². The van der Waals surface area contributed by atoms with Gasteiger partial charge >= 0.3 is 6.09 Å². The zero-order valence-corrected chi connectivity index (χ0v) is 20.1. The van der Waals surface area contributed by atoms with Crippen molar-refractivity contribution in [2.24, 2.45) is 0 Å². The van der Waals surface area contributed by atoms with E-state index in [0.29, 0.717) is 29.9 Å². The van der Waals surface area contributed by atoms with Crippen molar-refractivity contribution in [3.05, 3.63) is 59.7 Å². The number of ether oxygens (including phenoxy) is 1. The molecule has 1 aliphatic heterocycles. The Morgan fingerprint density at radius 1 is 0.970 bits per heavy atom. The number of piperidine rings is 1. The average Bonchev–Trinajstić information content (AvgIpc) is 2.77. The summed E-state index contributed by atoms with van der Waals surface area (Å²) in [7, 11) is -3.61. The zero-order valence-electron chi connectivity index (χ0n) is 19.3. The zero-order chi connectivity index (χ0) is 24.1. The maximum atomic E-state index is 13.1. The van der Waals surface area contributed by atoms with Crippen molar-refractivity contribution in [2.45, 2.75) is 57.1 Å². The average molecular weight is 474 g/mol. The normalized spacial score (nSPS) is 15.0. The van der Waals surface area contributed by atoms with Gasteiger partial charge in [-0.2, -0.15) is 4.31 Å². The van der Waals surface area contributed by atoms with E-state index in [4.69, 9.17) is 4.74 Å². The molecule has 9 heteroatoms. The molecule has 33 heavy (non-hydrogen) atoms. The number of nitrogens with one attached hydrogen (secondary N) is 2. The van der Waals surface area contributed by atoms with Gasteiger partial charge in [-0.3, -0.25) is 10.1 Å². The Labute approximate surface area is 195 Å². The highest BCUT2D eigenvalue weighted by molar-refractivity contribution is 7.89. The van der Waals surface area contributed by atoms with Gasteiger partial charge in [0.2, 0.25) is 10.0 Å². The molecule has 2 aromatic rings. The molecular weight excluding hydrogens is 442 g/mol. The van der Waals surface area contributed by atoms with E-state index >= 15 is 0 Å². The van der Waals surface area contributed by atoms with Crippen LogP contribution in [0.15, 0.2) is 53.4 Å². The molecule has 0 aromatic heterocycles. The molecule has 2 N–H and O–H groups in total. The van der Waals surface area contributed by atoms with Crippen LogP contribution in [-0.2, 0) is 21.3 Å². The molecule has 1 saturated heterocycles. The number of hydrogen-bond acceptors (Lipinski definition) is 5. The van der Waals surface area contributed by atoms with Crippen LogP contribution in [0.4, 0.5) is 10.5 Å². The predicted octanol–water partition coefficient (Wildman–Crippen LogP) is 4.14. The van der Waals surface area contributed by atoms with Gasteiger partial charge in [-0.15, -0.1) is 0 Å². The summed E-state index contributed by atoms with van der Waals surface area (Å²) < 4.78 is 32.9. The second-order valence-electron chi connectivity index (χ2n) is 8.96. The summed E-state index contributed by atoms with van der Waals surface area (Å²) in [4.78, 5) is 24.7. The third-order valence-corrected chi connectivity index (χ3v) is 7.14. The van der Waals surface area contributed by atoms with Gasteiger partial charge in [-0.05, 0) is 69.5 Å². The second-order valence-corrected chi connectivity index (χ2v) is 10.9. The molecule has 0 bridgehead atoms. The first-order chi connectivity index (χ1) is 15.6. The number of amides is 2. The molecule has 0 saturated carbocycles. The summed E-state index contributed by atoms with van der Waals surface area (Å²) in [6.07, 6.45) is 2.18. The molecule has 1 heterocycles. The van der Waals surface area contributed by atoms with E-state index in [0.717, 1.165) is 19.3 Å². The molecule has 1 aliphatic rings. The standard InChI is InChI=1S/C24H31N3O5S/c1-24(2,3)32-23(29)26-20-13-11-18(12-14-20)22(28)25-17-19-9-5-6-10-21(19)33(30,31)27-15-7-4-8-16-27/h5-6,9-14H,4,7-8,15-17H2,1-3H3,(H,25,28)(H,26,29). The van der Waals surface area contributed by atoms with Crippen molar-refractivity contribution >= 4 is 27.7 Å². The molecule has 1 fully saturated rings. The molecule has 0 unspecified atom stereocenters. The van der Waals surface area contributed by atoms with Crippen LogP contribution in [0.3, 0.4) is 0 Å². The fourth-order valence-electron chi connectivity index (χ4n) is 3.55. The van der Waals surface area contributed by atoms with Gasteiger partial charge < -0.3 is 10.1 Å². The monoisotopic (exact) mass is 473 g/mol. The highest BCUT2D eigenvalue weighted by Gasteiger charge is 2.28. The lowest BCUT2D eigenvalue weighted by molar-refractivity contribution is 0.0635. The number of rotatable bonds is 6. The number of nitrogens with zero attached hydrogens (tertiary/aromatic N) is 1. The molecule has 178 valence electrons. The number of carbonyl (C=O) groups excluding carboxylic acids is 2. The van der Waals surface area contributed by atoms with E-state index in [2.05, 4.69) is 10.6 Å². The van der Waals surface area contributed by atoms with Crippen molar-refractivity contribution in [1.29, 1.82) is 0 Å². The van der Waals surface area contributed by atoms with E-state index in [1.807, 2.05) is 0 Å². The third-order valence-electron chi connectivity index (χ3n) is 5.14. The molecule has 0 aliphatic carbocycles. The molecule has 0 radical (unpaired) electrons. The summed E-state index contributed by atoms with van der Waals surface area (Å²) in [6.45, 7) is 6.45. The topological polar surface area (TPSA) is 105 Å². The van der Waals surface area contributed by atoms with Crippen LogP contribution in [-0.4, -0.2) is 43.4 Å². The van der Waals surface area contributed by atoms with E-state index in [-0.39, 0.29) is 17.3 Å². The number of sulfonamides is 1. The summed E-state index contributed by atoms with van der Waals surface area (Å²) in [6, 6.07) is 13.1. The van der Waals surface area contributed by atoms with Crippen LogP contribution in [0.5, 0.6) is 0 Å².